The first-order valence-electron chi connectivity index (χ1n) is 8.73. The van der Waals surface area contributed by atoms with Crippen molar-refractivity contribution in [2.24, 2.45) is 5.10 Å². The third-order valence-corrected chi connectivity index (χ3v) is 3.97. The molecule has 0 aliphatic carbocycles. The summed E-state index contributed by atoms with van der Waals surface area (Å²) in [5.41, 5.74) is 5.69. The third kappa shape index (κ3) is 7.02. The van der Waals surface area contributed by atoms with Crippen molar-refractivity contribution < 1.29 is 14.3 Å². The topological polar surface area (TPSA) is 91.8 Å². The van der Waals surface area contributed by atoms with Crippen LogP contribution in [0.3, 0.4) is 0 Å². The molecule has 0 saturated carbocycles. The van der Waals surface area contributed by atoms with Crippen LogP contribution in [0.25, 0.3) is 0 Å². The SMILES string of the molecule is COCCCNC(=O)C(=O)N/N=C\c1cc(Cl)ccc1Nc1ccc(C)cc1. The summed E-state index contributed by atoms with van der Waals surface area (Å²) in [7, 11) is 1.57. The average molecular weight is 403 g/mol. The fourth-order valence-corrected chi connectivity index (χ4v) is 2.44. The average Bonchev–Trinajstić information content (AvgIpc) is 2.68. The monoisotopic (exact) mass is 402 g/mol. The van der Waals surface area contributed by atoms with E-state index >= 15 is 0 Å². The van der Waals surface area contributed by atoms with Gasteiger partial charge in [0, 0.05) is 42.2 Å². The lowest BCUT2D eigenvalue weighted by Gasteiger charge is -2.10. The van der Waals surface area contributed by atoms with Crippen LogP contribution in [0.5, 0.6) is 0 Å². The number of benzene rings is 2. The quantitative estimate of drug-likeness (QED) is 0.274. The van der Waals surface area contributed by atoms with Crippen LogP contribution in [0.15, 0.2) is 47.6 Å². The molecule has 7 nitrogen and oxygen atoms in total. The Kier molecular flexibility index (Phi) is 8.45. The van der Waals surface area contributed by atoms with E-state index in [1.807, 2.05) is 37.3 Å². The number of hydrogen-bond acceptors (Lipinski definition) is 5. The number of nitrogens with one attached hydrogen (secondary N) is 3. The Morgan fingerprint density at radius 3 is 2.61 bits per heavy atom. The Morgan fingerprint density at radius 2 is 1.89 bits per heavy atom. The molecule has 0 bridgehead atoms. The van der Waals surface area contributed by atoms with Crippen molar-refractivity contribution in [2.75, 3.05) is 25.6 Å². The van der Waals surface area contributed by atoms with Crippen molar-refractivity contribution in [3.8, 4) is 0 Å². The van der Waals surface area contributed by atoms with Crippen LogP contribution >= 0.6 is 11.6 Å². The van der Waals surface area contributed by atoms with Crippen molar-refractivity contribution in [3.05, 3.63) is 58.6 Å². The minimum atomic E-state index is -0.844. The van der Waals surface area contributed by atoms with Gasteiger partial charge in [-0.25, -0.2) is 5.43 Å². The number of halogens is 1. The molecule has 2 rings (SSSR count). The number of carbonyl (C=O) groups excluding carboxylic acids is 2. The molecule has 2 amide bonds. The largest absolute Gasteiger partial charge is 0.385 e. The summed E-state index contributed by atoms with van der Waals surface area (Å²) >= 11 is 6.06. The number of amides is 2. The molecule has 0 radical (unpaired) electrons. The third-order valence-electron chi connectivity index (χ3n) is 3.73. The van der Waals surface area contributed by atoms with Gasteiger partial charge in [-0.3, -0.25) is 9.59 Å². The van der Waals surface area contributed by atoms with Gasteiger partial charge in [0.05, 0.1) is 6.21 Å². The Hall–Kier alpha value is -2.90. The molecule has 0 spiro atoms. The smallest absolute Gasteiger partial charge is 0.329 e. The van der Waals surface area contributed by atoms with E-state index in [2.05, 4.69) is 21.2 Å². The number of methoxy groups -OCH3 is 1. The Bertz CT molecular complexity index is 838. The number of rotatable bonds is 8. The van der Waals surface area contributed by atoms with Crippen LogP contribution in [-0.4, -0.2) is 38.3 Å². The van der Waals surface area contributed by atoms with Gasteiger partial charge >= 0.3 is 11.8 Å². The number of anilines is 2. The van der Waals surface area contributed by atoms with E-state index in [1.54, 1.807) is 19.2 Å². The summed E-state index contributed by atoms with van der Waals surface area (Å²) in [4.78, 5) is 23.4. The van der Waals surface area contributed by atoms with E-state index in [-0.39, 0.29) is 0 Å². The van der Waals surface area contributed by atoms with Gasteiger partial charge < -0.3 is 15.4 Å². The molecule has 28 heavy (non-hydrogen) atoms. The Balaban J connectivity index is 1.98. The van der Waals surface area contributed by atoms with Crippen molar-refractivity contribution in [2.45, 2.75) is 13.3 Å². The second-order valence-corrected chi connectivity index (χ2v) is 6.46. The molecule has 0 unspecified atom stereocenters. The predicted molar refractivity (Wildman–Crippen MR) is 111 cm³/mol. The molecule has 2 aromatic rings. The minimum absolute atomic E-state index is 0.350. The molecule has 2 aromatic carbocycles. The first-order chi connectivity index (χ1) is 13.5. The second-order valence-electron chi connectivity index (χ2n) is 6.02. The number of carbonyl (C=O) groups is 2. The van der Waals surface area contributed by atoms with Gasteiger partial charge in [-0.05, 0) is 43.7 Å². The van der Waals surface area contributed by atoms with E-state index in [0.29, 0.717) is 30.2 Å². The molecule has 0 aliphatic heterocycles. The zero-order valence-corrected chi connectivity index (χ0v) is 16.5. The van der Waals surface area contributed by atoms with Crippen LogP contribution in [0, 0.1) is 6.92 Å². The molecular formula is C20H23ClN4O3. The number of hydrazone groups is 1. The predicted octanol–water partition coefficient (Wildman–Crippen LogP) is 2.99. The standard InChI is InChI=1S/C20H23ClN4O3/c1-14-4-7-17(8-5-14)24-18-9-6-16(21)12-15(18)13-23-25-20(27)19(26)22-10-3-11-28-2/h4-9,12-13,24H,3,10-11H2,1-2H3,(H,22,26)(H,25,27)/b23-13-. The molecule has 0 atom stereocenters. The number of nitrogens with zero attached hydrogens (tertiary/aromatic N) is 1. The van der Waals surface area contributed by atoms with Gasteiger partial charge in [0.25, 0.3) is 0 Å². The first-order valence-corrected chi connectivity index (χ1v) is 9.11. The summed E-state index contributed by atoms with van der Waals surface area (Å²) in [5, 5.41) is 10.1. The molecule has 0 aromatic heterocycles. The fraction of sp³-hybridized carbons (Fsp3) is 0.250. The van der Waals surface area contributed by atoms with Gasteiger partial charge in [0.15, 0.2) is 0 Å². The van der Waals surface area contributed by atoms with E-state index < -0.39 is 11.8 Å². The van der Waals surface area contributed by atoms with Gasteiger partial charge in [0.1, 0.15) is 0 Å². The Morgan fingerprint density at radius 1 is 1.14 bits per heavy atom. The number of ether oxygens (including phenoxy) is 1. The lowest BCUT2D eigenvalue weighted by molar-refractivity contribution is -0.139. The van der Waals surface area contributed by atoms with E-state index in [9.17, 15) is 9.59 Å². The van der Waals surface area contributed by atoms with E-state index in [4.69, 9.17) is 16.3 Å². The zero-order chi connectivity index (χ0) is 20.4. The molecule has 3 N–H and O–H groups in total. The van der Waals surface area contributed by atoms with Gasteiger partial charge in [0.2, 0.25) is 0 Å². The van der Waals surface area contributed by atoms with Gasteiger partial charge in [-0.1, -0.05) is 29.3 Å². The highest BCUT2D eigenvalue weighted by Crippen LogP contribution is 2.23. The summed E-state index contributed by atoms with van der Waals surface area (Å²) in [6.07, 6.45) is 2.05. The van der Waals surface area contributed by atoms with E-state index in [1.165, 1.54) is 6.21 Å². The highest BCUT2D eigenvalue weighted by atomic mass is 35.5. The van der Waals surface area contributed by atoms with Gasteiger partial charge in [-0.2, -0.15) is 5.10 Å². The molecule has 8 heteroatoms. The van der Waals surface area contributed by atoms with Crippen LogP contribution in [0.4, 0.5) is 11.4 Å². The van der Waals surface area contributed by atoms with Crippen LogP contribution in [0.2, 0.25) is 5.02 Å². The highest BCUT2D eigenvalue weighted by Gasteiger charge is 2.11. The van der Waals surface area contributed by atoms with Crippen LogP contribution in [0.1, 0.15) is 17.5 Å². The van der Waals surface area contributed by atoms with Crippen molar-refractivity contribution in [3.63, 3.8) is 0 Å². The molecule has 0 saturated heterocycles. The summed E-state index contributed by atoms with van der Waals surface area (Å²) in [6.45, 7) is 2.87. The molecule has 0 fully saturated rings. The van der Waals surface area contributed by atoms with Gasteiger partial charge in [-0.15, -0.1) is 0 Å². The number of aryl methyl sites for hydroxylation is 1. The molecule has 148 valence electrons. The zero-order valence-electron chi connectivity index (χ0n) is 15.8. The molecule has 0 heterocycles. The maximum Gasteiger partial charge on any atom is 0.329 e. The summed E-state index contributed by atoms with van der Waals surface area (Å²) in [6, 6.07) is 13.2. The van der Waals surface area contributed by atoms with E-state index in [0.717, 1.165) is 16.9 Å². The maximum atomic E-state index is 11.8. The van der Waals surface area contributed by atoms with Crippen molar-refractivity contribution in [1.29, 1.82) is 0 Å². The molecular weight excluding hydrogens is 380 g/mol. The molecule has 0 aliphatic rings. The Labute approximate surface area is 169 Å². The summed E-state index contributed by atoms with van der Waals surface area (Å²) < 4.78 is 4.88. The fourth-order valence-electron chi connectivity index (χ4n) is 2.26. The second kappa shape index (κ2) is 11.1. The van der Waals surface area contributed by atoms with Crippen molar-refractivity contribution >= 4 is 41.0 Å². The lowest BCUT2D eigenvalue weighted by atomic mass is 10.1. The normalized spacial score (nSPS) is 10.7. The maximum absolute atomic E-state index is 11.8. The minimum Gasteiger partial charge on any atom is -0.385 e. The van der Waals surface area contributed by atoms with Crippen LogP contribution < -0.4 is 16.1 Å². The number of hydrogen-bond donors (Lipinski definition) is 3. The van der Waals surface area contributed by atoms with Crippen LogP contribution in [-0.2, 0) is 14.3 Å². The first kappa shape index (κ1) is 21.4. The highest BCUT2D eigenvalue weighted by molar-refractivity contribution is 6.35. The lowest BCUT2D eigenvalue weighted by Crippen LogP contribution is -2.38. The summed E-state index contributed by atoms with van der Waals surface area (Å²) in [5.74, 6) is -1.60. The van der Waals surface area contributed by atoms with Crippen molar-refractivity contribution in [1.82, 2.24) is 10.7 Å².